The molecule has 2 aromatic rings. The minimum Gasteiger partial charge on any atom is -0.406 e. The molecule has 1 spiro atoms. The van der Waals surface area contributed by atoms with E-state index in [9.17, 15) is 22.4 Å². The molecule has 2 atom stereocenters. The number of alkyl halides is 3. The number of likely N-dealkylation sites (N-methyl/N-ethyl adjacent to an activating group) is 1. The molecule has 0 unspecified atom stereocenters. The van der Waals surface area contributed by atoms with Crippen LogP contribution in [0.5, 0.6) is 5.75 Å². The molecule has 0 bridgehead atoms. The molecular weight excluding hydrogens is 440 g/mol. The number of benzene rings is 1. The van der Waals surface area contributed by atoms with E-state index >= 15 is 0 Å². The highest BCUT2D eigenvalue weighted by atomic mass is 35.5. The fraction of sp³-hybridized carbons (Fsp3) is 0.450. The van der Waals surface area contributed by atoms with E-state index in [2.05, 4.69) is 20.0 Å². The van der Waals surface area contributed by atoms with Gasteiger partial charge in [0.2, 0.25) is 5.91 Å². The average molecular weight is 461 g/mol. The first-order valence-corrected chi connectivity index (χ1v) is 9.51. The summed E-state index contributed by atoms with van der Waals surface area (Å²) in [6.07, 6.45) is -2.94. The van der Waals surface area contributed by atoms with Crippen LogP contribution < -0.4 is 10.1 Å². The Labute approximate surface area is 182 Å². The molecule has 31 heavy (non-hydrogen) atoms. The molecule has 2 aliphatic rings. The molecule has 1 N–H and O–H groups in total. The summed E-state index contributed by atoms with van der Waals surface area (Å²) in [6, 6.07) is 3.97. The van der Waals surface area contributed by atoms with Crippen molar-refractivity contribution in [1.29, 1.82) is 0 Å². The predicted octanol–water partition coefficient (Wildman–Crippen LogP) is 3.94. The number of hydrogen-bond acceptors (Lipinski definition) is 5. The maximum atomic E-state index is 14.4. The number of hydrogen-bond donors (Lipinski definition) is 1. The second kappa shape index (κ2) is 8.23. The second-order valence-electron chi connectivity index (χ2n) is 7.74. The van der Waals surface area contributed by atoms with Crippen molar-refractivity contribution in [2.24, 2.45) is 0 Å². The van der Waals surface area contributed by atoms with Gasteiger partial charge in [-0.15, -0.1) is 25.6 Å². The van der Waals surface area contributed by atoms with E-state index in [1.165, 1.54) is 6.07 Å². The zero-order valence-corrected chi connectivity index (χ0v) is 17.6. The highest BCUT2D eigenvalue weighted by Gasteiger charge is 2.50. The van der Waals surface area contributed by atoms with Crippen molar-refractivity contribution in [2.75, 3.05) is 13.6 Å². The van der Waals surface area contributed by atoms with Gasteiger partial charge in [0.25, 0.3) is 0 Å². The van der Waals surface area contributed by atoms with Crippen molar-refractivity contribution in [3.63, 3.8) is 0 Å². The first kappa shape index (κ1) is 23.2. The normalized spacial score (nSPS) is 23.4. The van der Waals surface area contributed by atoms with Crippen molar-refractivity contribution in [3.8, 4) is 17.0 Å². The van der Waals surface area contributed by atoms with Crippen LogP contribution in [-0.4, -0.2) is 46.3 Å². The Bertz CT molecular complexity index is 1000. The van der Waals surface area contributed by atoms with Crippen LogP contribution in [0.4, 0.5) is 17.6 Å². The lowest BCUT2D eigenvalue weighted by Crippen LogP contribution is -2.47. The summed E-state index contributed by atoms with van der Waals surface area (Å²) in [5.74, 6) is -0.849. The van der Waals surface area contributed by atoms with Crippen LogP contribution in [0.1, 0.15) is 36.8 Å². The third kappa shape index (κ3) is 4.59. The van der Waals surface area contributed by atoms with E-state index in [0.29, 0.717) is 37.3 Å². The number of halogens is 5. The number of likely N-dealkylation sites (tertiary alicyclic amines) is 1. The monoisotopic (exact) mass is 460 g/mol. The Morgan fingerprint density at radius 3 is 2.61 bits per heavy atom. The quantitative estimate of drug-likeness (QED) is 0.703. The van der Waals surface area contributed by atoms with Gasteiger partial charge in [0.05, 0.1) is 11.7 Å². The number of nitrogens with zero attached hydrogens (tertiary/aromatic N) is 3. The summed E-state index contributed by atoms with van der Waals surface area (Å²) < 4.78 is 55.9. The molecule has 11 heteroatoms. The highest BCUT2D eigenvalue weighted by molar-refractivity contribution is 5.88. The highest BCUT2D eigenvalue weighted by Crippen LogP contribution is 2.39. The summed E-state index contributed by atoms with van der Waals surface area (Å²) in [6.45, 7) is 2.36. The standard InChI is InChI=1S/C20H20F4N4O2.ClH/c1-11-9-16(13-10-12(3-4-14(13)21)30-20(22,23)24)26-17(25-11)15-5-6-19(27-15)7-8-28(2)18(19)29;/h3-4,9-10,15,27H,5-8H2,1-2H3;1H/t15-,19-;/m0./s1. The van der Waals surface area contributed by atoms with Crippen LogP contribution in [-0.2, 0) is 4.79 Å². The molecule has 6 nitrogen and oxygen atoms in total. The van der Waals surface area contributed by atoms with Gasteiger partial charge >= 0.3 is 6.36 Å². The lowest BCUT2D eigenvalue weighted by molar-refractivity contribution is -0.274. The number of carbonyl (C=O) groups is 1. The van der Waals surface area contributed by atoms with Crippen molar-refractivity contribution >= 4 is 18.3 Å². The number of rotatable bonds is 3. The number of carbonyl (C=O) groups excluding carboxylic acids is 1. The number of aromatic nitrogens is 2. The van der Waals surface area contributed by atoms with Crippen molar-refractivity contribution in [2.45, 2.75) is 44.1 Å². The van der Waals surface area contributed by atoms with Gasteiger partial charge in [-0.05, 0) is 50.5 Å². The lowest BCUT2D eigenvalue weighted by Gasteiger charge is -2.23. The van der Waals surface area contributed by atoms with Gasteiger partial charge in [-0.25, -0.2) is 14.4 Å². The van der Waals surface area contributed by atoms with Crippen LogP contribution in [0.15, 0.2) is 24.3 Å². The zero-order chi connectivity index (χ0) is 21.7. The topological polar surface area (TPSA) is 67.3 Å². The Morgan fingerprint density at radius 2 is 1.97 bits per heavy atom. The zero-order valence-electron chi connectivity index (χ0n) is 16.8. The van der Waals surface area contributed by atoms with E-state index in [1.807, 2.05) is 0 Å². The molecule has 1 aromatic carbocycles. The van der Waals surface area contributed by atoms with E-state index < -0.39 is 23.5 Å². The van der Waals surface area contributed by atoms with E-state index in [0.717, 1.165) is 18.2 Å². The largest absolute Gasteiger partial charge is 0.573 e. The SMILES string of the molecule is Cc1cc(-c2cc(OC(F)(F)F)ccc2F)nc([C@@H]2CC[C@@]3(CCN(C)C3=O)N2)n1.Cl. The van der Waals surface area contributed by atoms with E-state index in [-0.39, 0.29) is 35.6 Å². The molecule has 2 saturated heterocycles. The van der Waals surface area contributed by atoms with Gasteiger partial charge < -0.3 is 9.64 Å². The molecule has 0 radical (unpaired) electrons. The molecule has 2 fully saturated rings. The first-order valence-electron chi connectivity index (χ1n) is 9.51. The van der Waals surface area contributed by atoms with Crippen LogP contribution in [0.2, 0.25) is 0 Å². The van der Waals surface area contributed by atoms with Gasteiger partial charge in [-0.1, -0.05) is 0 Å². The van der Waals surface area contributed by atoms with Crippen molar-refractivity contribution < 1.29 is 27.1 Å². The summed E-state index contributed by atoms with van der Waals surface area (Å²) in [7, 11) is 1.76. The molecule has 4 rings (SSSR count). The molecule has 1 aromatic heterocycles. The van der Waals surface area contributed by atoms with Gasteiger partial charge in [0, 0.05) is 24.8 Å². The molecule has 0 saturated carbocycles. The smallest absolute Gasteiger partial charge is 0.406 e. The number of ether oxygens (including phenoxy) is 1. The van der Waals surface area contributed by atoms with Crippen LogP contribution in [0.25, 0.3) is 11.3 Å². The van der Waals surface area contributed by atoms with Crippen LogP contribution in [0, 0.1) is 12.7 Å². The molecule has 3 heterocycles. The molecule has 168 valence electrons. The molecule has 0 aliphatic carbocycles. The number of nitrogens with one attached hydrogen (secondary N) is 1. The third-order valence-corrected chi connectivity index (χ3v) is 5.57. The fourth-order valence-corrected chi connectivity index (χ4v) is 4.14. The van der Waals surface area contributed by atoms with E-state index in [1.54, 1.807) is 18.9 Å². The van der Waals surface area contributed by atoms with E-state index in [4.69, 9.17) is 0 Å². The first-order chi connectivity index (χ1) is 14.1. The minimum absolute atomic E-state index is 0. The van der Waals surface area contributed by atoms with Crippen LogP contribution in [0.3, 0.4) is 0 Å². The lowest BCUT2D eigenvalue weighted by atomic mass is 9.96. The Hall–Kier alpha value is -2.46. The maximum absolute atomic E-state index is 14.4. The molecule has 2 aliphatic heterocycles. The molecule has 1 amide bonds. The summed E-state index contributed by atoms with van der Waals surface area (Å²) >= 11 is 0. The summed E-state index contributed by atoms with van der Waals surface area (Å²) in [5.41, 5.74) is -0.0689. The Morgan fingerprint density at radius 1 is 1.23 bits per heavy atom. The van der Waals surface area contributed by atoms with Crippen molar-refractivity contribution in [3.05, 3.63) is 41.6 Å². The van der Waals surface area contributed by atoms with Gasteiger partial charge in [-0.3, -0.25) is 10.1 Å². The van der Waals surface area contributed by atoms with Crippen LogP contribution >= 0.6 is 12.4 Å². The summed E-state index contributed by atoms with van der Waals surface area (Å²) in [4.78, 5) is 23.0. The Kier molecular flexibility index (Phi) is 6.16. The minimum atomic E-state index is -4.88. The molecular formula is C20H21ClF4N4O2. The average Bonchev–Trinajstić information content (AvgIpc) is 3.22. The Balaban J connectivity index is 0.00000272. The number of aryl methyl sites for hydroxylation is 1. The predicted molar refractivity (Wildman–Crippen MR) is 106 cm³/mol. The second-order valence-corrected chi connectivity index (χ2v) is 7.74. The van der Waals surface area contributed by atoms with Crippen molar-refractivity contribution in [1.82, 2.24) is 20.2 Å². The van der Waals surface area contributed by atoms with Gasteiger partial charge in [0.15, 0.2) is 0 Å². The third-order valence-electron chi connectivity index (χ3n) is 5.57. The number of amides is 1. The van der Waals surface area contributed by atoms with Gasteiger partial charge in [-0.2, -0.15) is 0 Å². The van der Waals surface area contributed by atoms with Gasteiger partial charge in [0.1, 0.15) is 22.9 Å². The maximum Gasteiger partial charge on any atom is 0.573 e. The fourth-order valence-electron chi connectivity index (χ4n) is 4.14. The summed E-state index contributed by atoms with van der Waals surface area (Å²) in [5, 5.41) is 3.34.